The van der Waals surface area contributed by atoms with Crippen LogP contribution in [0, 0.1) is 5.41 Å². The van der Waals surface area contributed by atoms with E-state index in [2.05, 4.69) is 17.0 Å². The molecular formula is C13H17ClN2. The maximum atomic E-state index is 7.86. The van der Waals surface area contributed by atoms with Crippen molar-refractivity contribution in [3.8, 4) is 0 Å². The first kappa shape index (κ1) is 11.6. The molecule has 0 amide bonds. The molecule has 0 bridgehead atoms. The molecule has 1 N–H and O–H groups in total. The van der Waals surface area contributed by atoms with Crippen LogP contribution in [0.1, 0.15) is 24.8 Å². The summed E-state index contributed by atoms with van der Waals surface area (Å²) in [4.78, 5) is 2.19. The molecule has 1 aliphatic rings. The van der Waals surface area contributed by atoms with E-state index >= 15 is 0 Å². The average Bonchev–Trinajstić information content (AvgIpc) is 2.46. The van der Waals surface area contributed by atoms with Crippen molar-refractivity contribution < 1.29 is 0 Å². The smallest absolute Gasteiger partial charge is 0.123 e. The molecule has 1 heterocycles. The zero-order valence-corrected chi connectivity index (χ0v) is 10.1. The highest BCUT2D eigenvalue weighted by Gasteiger charge is 2.22. The Morgan fingerprint density at radius 1 is 1.25 bits per heavy atom. The molecule has 0 aliphatic carbocycles. The van der Waals surface area contributed by atoms with E-state index in [1.54, 1.807) is 0 Å². The summed E-state index contributed by atoms with van der Waals surface area (Å²) in [6.45, 7) is 1.84. The van der Waals surface area contributed by atoms with E-state index in [4.69, 9.17) is 17.0 Å². The minimum Gasteiger partial charge on any atom is -0.307 e. The van der Waals surface area contributed by atoms with Gasteiger partial charge in [0.15, 0.2) is 0 Å². The van der Waals surface area contributed by atoms with E-state index < -0.39 is 0 Å². The van der Waals surface area contributed by atoms with Crippen LogP contribution in [0.4, 0.5) is 0 Å². The molecule has 1 fully saturated rings. The number of nitrogens with one attached hydrogen (secondary N) is 1. The fourth-order valence-electron chi connectivity index (χ4n) is 2.06. The summed E-state index contributed by atoms with van der Waals surface area (Å²) >= 11 is 6.29. The second-order valence-corrected chi connectivity index (χ2v) is 4.69. The number of benzene rings is 1. The molecule has 3 heteroatoms. The Morgan fingerprint density at radius 2 is 2.00 bits per heavy atom. The normalized spacial score (nSPS) is 23.1. The zero-order chi connectivity index (χ0) is 11.4. The first-order valence-corrected chi connectivity index (χ1v) is 6.20. The highest BCUT2D eigenvalue weighted by atomic mass is 35.5. The van der Waals surface area contributed by atoms with Crippen molar-refractivity contribution in [2.45, 2.75) is 31.3 Å². The third-order valence-electron chi connectivity index (χ3n) is 2.98. The Kier molecular flexibility index (Phi) is 3.97. The molecule has 1 aromatic carbocycles. The Labute approximate surface area is 102 Å². The van der Waals surface area contributed by atoms with Gasteiger partial charge < -0.3 is 5.41 Å². The molecule has 86 valence electrons. The van der Waals surface area contributed by atoms with Crippen molar-refractivity contribution in [2.75, 3.05) is 6.54 Å². The molecule has 1 saturated heterocycles. The summed E-state index contributed by atoms with van der Waals surface area (Å²) in [5, 5.41) is 7.86. The van der Waals surface area contributed by atoms with Crippen LogP contribution in [-0.4, -0.2) is 22.7 Å². The Balaban J connectivity index is 2.05. The lowest BCUT2D eigenvalue weighted by atomic mass is 10.2. The predicted molar refractivity (Wildman–Crippen MR) is 68.1 cm³/mol. The van der Waals surface area contributed by atoms with Crippen molar-refractivity contribution in [3.63, 3.8) is 0 Å². The van der Waals surface area contributed by atoms with Gasteiger partial charge in [-0.05, 0) is 24.8 Å². The van der Waals surface area contributed by atoms with Crippen molar-refractivity contribution in [1.82, 2.24) is 4.90 Å². The van der Waals surface area contributed by atoms with E-state index in [0.717, 1.165) is 32.4 Å². The first-order valence-electron chi connectivity index (χ1n) is 5.77. The topological polar surface area (TPSA) is 27.1 Å². The summed E-state index contributed by atoms with van der Waals surface area (Å²) in [6.07, 6.45) is 3.07. The Morgan fingerprint density at radius 3 is 2.75 bits per heavy atom. The third-order valence-corrected chi connectivity index (χ3v) is 3.52. The molecule has 16 heavy (non-hydrogen) atoms. The standard InChI is InChI=1S/C13H17ClN2/c14-13-12(15)8-4-5-9-16(13)10-11-6-2-1-3-7-11/h1-3,6-7,13,15H,4-5,8-10H2. The molecular weight excluding hydrogens is 220 g/mol. The number of nitrogens with zero attached hydrogens (tertiary/aromatic N) is 1. The minimum absolute atomic E-state index is 0.220. The SMILES string of the molecule is N=C1CCCCN(Cc2ccccc2)C1Cl. The van der Waals surface area contributed by atoms with Crippen LogP contribution in [0.2, 0.25) is 0 Å². The van der Waals surface area contributed by atoms with Crippen molar-refractivity contribution in [1.29, 1.82) is 5.41 Å². The number of hydrogen-bond acceptors (Lipinski definition) is 2. The highest BCUT2D eigenvalue weighted by molar-refractivity contribution is 6.31. The molecule has 1 unspecified atom stereocenters. The quantitative estimate of drug-likeness (QED) is 0.619. The third kappa shape index (κ3) is 2.83. The summed E-state index contributed by atoms with van der Waals surface area (Å²) < 4.78 is 0. The van der Waals surface area contributed by atoms with Gasteiger partial charge in [-0.2, -0.15) is 0 Å². The number of hydrogen-bond donors (Lipinski definition) is 1. The van der Waals surface area contributed by atoms with E-state index in [9.17, 15) is 0 Å². The van der Waals surface area contributed by atoms with Crippen molar-refractivity contribution in [3.05, 3.63) is 35.9 Å². The molecule has 0 saturated carbocycles. The number of alkyl halides is 1. The maximum absolute atomic E-state index is 7.86. The van der Waals surface area contributed by atoms with E-state index in [1.807, 2.05) is 18.2 Å². The van der Waals surface area contributed by atoms with Gasteiger partial charge in [-0.25, -0.2) is 0 Å². The Bertz CT molecular complexity index is 350. The highest BCUT2D eigenvalue weighted by Crippen LogP contribution is 2.19. The zero-order valence-electron chi connectivity index (χ0n) is 9.32. The lowest BCUT2D eigenvalue weighted by molar-refractivity contribution is 0.283. The Hall–Kier alpha value is -0.860. The average molecular weight is 237 g/mol. The summed E-state index contributed by atoms with van der Waals surface area (Å²) in [5.74, 6) is 0. The second-order valence-electron chi connectivity index (χ2n) is 4.27. The lowest BCUT2D eigenvalue weighted by Gasteiger charge is -2.25. The van der Waals surface area contributed by atoms with Crippen LogP contribution in [0.15, 0.2) is 30.3 Å². The van der Waals surface area contributed by atoms with Gasteiger partial charge in [0.1, 0.15) is 5.50 Å². The van der Waals surface area contributed by atoms with Crippen LogP contribution in [0.3, 0.4) is 0 Å². The van der Waals surface area contributed by atoms with E-state index in [-0.39, 0.29) is 5.50 Å². The van der Waals surface area contributed by atoms with Crippen LogP contribution in [0.25, 0.3) is 0 Å². The van der Waals surface area contributed by atoms with Crippen molar-refractivity contribution in [2.24, 2.45) is 0 Å². The molecule has 1 aliphatic heterocycles. The second kappa shape index (κ2) is 5.46. The molecule has 1 aromatic rings. The van der Waals surface area contributed by atoms with Gasteiger partial charge in [0.05, 0.1) is 0 Å². The minimum atomic E-state index is -0.220. The van der Waals surface area contributed by atoms with Gasteiger partial charge in [0.25, 0.3) is 0 Å². The lowest BCUT2D eigenvalue weighted by Crippen LogP contribution is -2.35. The molecule has 0 radical (unpaired) electrons. The summed E-state index contributed by atoms with van der Waals surface area (Å²) in [6, 6.07) is 10.3. The maximum Gasteiger partial charge on any atom is 0.123 e. The fraction of sp³-hybridized carbons (Fsp3) is 0.462. The molecule has 2 nitrogen and oxygen atoms in total. The van der Waals surface area contributed by atoms with Gasteiger partial charge in [0.2, 0.25) is 0 Å². The largest absolute Gasteiger partial charge is 0.307 e. The fourth-order valence-corrected chi connectivity index (χ4v) is 2.34. The van der Waals surface area contributed by atoms with Gasteiger partial charge in [-0.15, -0.1) is 0 Å². The molecule has 2 rings (SSSR count). The van der Waals surface area contributed by atoms with Crippen LogP contribution in [-0.2, 0) is 6.54 Å². The predicted octanol–water partition coefficient (Wildman–Crippen LogP) is 3.26. The van der Waals surface area contributed by atoms with E-state index in [0.29, 0.717) is 5.71 Å². The van der Waals surface area contributed by atoms with Gasteiger partial charge in [0, 0.05) is 18.8 Å². The molecule has 0 spiro atoms. The summed E-state index contributed by atoms with van der Waals surface area (Å²) in [5.41, 5.74) is 1.71. The number of halogens is 1. The van der Waals surface area contributed by atoms with Gasteiger partial charge in [-0.3, -0.25) is 4.90 Å². The van der Waals surface area contributed by atoms with Crippen LogP contribution >= 0.6 is 11.6 Å². The van der Waals surface area contributed by atoms with Crippen LogP contribution < -0.4 is 0 Å². The van der Waals surface area contributed by atoms with Crippen molar-refractivity contribution >= 4 is 17.3 Å². The van der Waals surface area contributed by atoms with Gasteiger partial charge >= 0.3 is 0 Å². The first-order chi connectivity index (χ1) is 7.77. The van der Waals surface area contributed by atoms with Gasteiger partial charge in [-0.1, -0.05) is 41.9 Å². The summed E-state index contributed by atoms with van der Waals surface area (Å²) in [7, 11) is 0. The molecule has 1 atom stereocenters. The monoisotopic (exact) mass is 236 g/mol. The van der Waals surface area contributed by atoms with E-state index in [1.165, 1.54) is 5.56 Å². The number of likely N-dealkylation sites (tertiary alicyclic amines) is 1. The van der Waals surface area contributed by atoms with Crippen LogP contribution in [0.5, 0.6) is 0 Å². The molecule has 0 aromatic heterocycles. The number of rotatable bonds is 2.